The van der Waals surface area contributed by atoms with Gasteiger partial charge in [0.15, 0.2) is 0 Å². The molecule has 1 aromatic heterocycles. The molecule has 0 bridgehead atoms. The number of carbonyl (C=O) groups is 1. The SMILES string of the molecule is CCCCCCCCCc1n(CCCC)cc[n+]1CC(C)C(=O)[O-]. The summed E-state index contributed by atoms with van der Waals surface area (Å²) >= 11 is 0. The fourth-order valence-corrected chi connectivity index (χ4v) is 3.09. The number of hydrogen-bond acceptors (Lipinski definition) is 2. The van der Waals surface area contributed by atoms with E-state index in [1.54, 1.807) is 6.92 Å². The van der Waals surface area contributed by atoms with Crippen molar-refractivity contribution in [1.82, 2.24) is 4.57 Å². The number of carboxylic acids is 1. The predicted octanol–water partition coefficient (Wildman–Crippen LogP) is 3.25. The molecule has 4 nitrogen and oxygen atoms in total. The number of imidazole rings is 1. The van der Waals surface area contributed by atoms with Crippen LogP contribution in [0.2, 0.25) is 0 Å². The molecule has 1 heterocycles. The molecule has 1 aromatic rings. The summed E-state index contributed by atoms with van der Waals surface area (Å²) in [6.45, 7) is 7.70. The molecular formula is C20H36N2O2. The van der Waals surface area contributed by atoms with Crippen molar-refractivity contribution in [2.45, 2.75) is 98.1 Å². The maximum atomic E-state index is 11.0. The molecule has 0 saturated heterocycles. The van der Waals surface area contributed by atoms with E-state index in [9.17, 15) is 9.90 Å². The summed E-state index contributed by atoms with van der Waals surface area (Å²) in [7, 11) is 0. The van der Waals surface area contributed by atoms with E-state index in [0.29, 0.717) is 6.54 Å². The van der Waals surface area contributed by atoms with Crippen molar-refractivity contribution in [2.75, 3.05) is 0 Å². The van der Waals surface area contributed by atoms with Crippen LogP contribution in [-0.2, 0) is 24.3 Å². The molecule has 4 heteroatoms. The molecular weight excluding hydrogens is 300 g/mol. The Morgan fingerprint density at radius 1 is 1.08 bits per heavy atom. The van der Waals surface area contributed by atoms with Gasteiger partial charge in [-0.05, 0) is 12.8 Å². The number of hydrogen-bond donors (Lipinski definition) is 0. The minimum Gasteiger partial charge on any atom is -0.550 e. The Bertz CT molecular complexity index is 468. The zero-order valence-corrected chi connectivity index (χ0v) is 15.9. The number of carboxylic acid groups (broad SMARTS) is 1. The second-order valence-electron chi connectivity index (χ2n) is 7.01. The fourth-order valence-electron chi connectivity index (χ4n) is 3.09. The molecule has 0 aromatic carbocycles. The molecule has 0 radical (unpaired) electrons. The summed E-state index contributed by atoms with van der Waals surface area (Å²) in [5, 5.41) is 11.0. The Hall–Kier alpha value is -1.32. The molecule has 0 aliphatic rings. The smallest absolute Gasteiger partial charge is 0.256 e. The Labute approximate surface area is 147 Å². The Balaban J connectivity index is 2.56. The molecule has 0 N–H and O–H groups in total. The van der Waals surface area contributed by atoms with E-state index >= 15 is 0 Å². The first kappa shape index (κ1) is 20.7. The van der Waals surface area contributed by atoms with Gasteiger partial charge >= 0.3 is 0 Å². The summed E-state index contributed by atoms with van der Waals surface area (Å²) < 4.78 is 4.43. The normalized spacial score (nSPS) is 12.5. The van der Waals surface area contributed by atoms with Crippen LogP contribution in [0.1, 0.15) is 84.4 Å². The minimum atomic E-state index is -0.967. The first-order valence-electron chi connectivity index (χ1n) is 9.88. The van der Waals surface area contributed by atoms with Gasteiger partial charge in [-0.15, -0.1) is 0 Å². The Kier molecular flexibility index (Phi) is 10.4. The van der Waals surface area contributed by atoms with Gasteiger partial charge in [0.2, 0.25) is 0 Å². The van der Waals surface area contributed by atoms with E-state index < -0.39 is 11.9 Å². The predicted molar refractivity (Wildman–Crippen MR) is 95.4 cm³/mol. The second-order valence-corrected chi connectivity index (χ2v) is 7.01. The summed E-state index contributed by atoms with van der Waals surface area (Å²) in [4.78, 5) is 11.0. The van der Waals surface area contributed by atoms with Gasteiger partial charge < -0.3 is 9.90 Å². The lowest BCUT2D eigenvalue weighted by molar-refractivity contribution is -0.708. The molecule has 138 valence electrons. The van der Waals surface area contributed by atoms with Gasteiger partial charge in [-0.3, -0.25) is 0 Å². The zero-order chi connectivity index (χ0) is 17.8. The number of nitrogens with zero attached hydrogens (tertiary/aromatic N) is 2. The highest BCUT2D eigenvalue weighted by molar-refractivity contribution is 5.66. The molecule has 0 aliphatic heterocycles. The zero-order valence-electron chi connectivity index (χ0n) is 15.9. The molecule has 0 spiro atoms. The maximum Gasteiger partial charge on any atom is 0.256 e. The third-order valence-electron chi connectivity index (χ3n) is 4.72. The van der Waals surface area contributed by atoms with Crippen LogP contribution in [0.25, 0.3) is 0 Å². The molecule has 1 atom stereocenters. The summed E-state index contributed by atoms with van der Waals surface area (Å²) in [5.74, 6) is -0.152. The summed E-state index contributed by atoms with van der Waals surface area (Å²) in [5.41, 5.74) is 0. The molecule has 0 saturated carbocycles. The van der Waals surface area contributed by atoms with E-state index in [-0.39, 0.29) is 0 Å². The standard InChI is InChI=1S/C20H36N2O2/c1-4-6-8-9-10-11-12-13-19-21(14-7-5-2)15-16-22(19)17-18(3)20(23)24/h15-16,18H,4-14,17H2,1-3H3. The van der Waals surface area contributed by atoms with Gasteiger partial charge in [-0.2, -0.15) is 0 Å². The van der Waals surface area contributed by atoms with Crippen molar-refractivity contribution in [2.24, 2.45) is 5.92 Å². The topological polar surface area (TPSA) is 48.9 Å². The number of aliphatic carboxylic acids is 1. The van der Waals surface area contributed by atoms with Crippen LogP contribution in [0, 0.1) is 5.92 Å². The first-order valence-corrected chi connectivity index (χ1v) is 9.88. The van der Waals surface area contributed by atoms with Crippen molar-refractivity contribution in [3.05, 3.63) is 18.2 Å². The molecule has 1 rings (SSSR count). The Morgan fingerprint density at radius 3 is 2.33 bits per heavy atom. The molecule has 24 heavy (non-hydrogen) atoms. The Morgan fingerprint density at radius 2 is 1.71 bits per heavy atom. The summed E-state index contributed by atoms with van der Waals surface area (Å²) in [6, 6.07) is 0. The van der Waals surface area contributed by atoms with E-state index in [4.69, 9.17) is 0 Å². The number of unbranched alkanes of at least 4 members (excludes halogenated alkanes) is 7. The quantitative estimate of drug-likeness (QED) is 0.387. The maximum absolute atomic E-state index is 11.0. The number of carbonyl (C=O) groups excluding carboxylic acids is 1. The molecule has 0 fully saturated rings. The van der Waals surface area contributed by atoms with Crippen LogP contribution in [0.4, 0.5) is 0 Å². The van der Waals surface area contributed by atoms with Crippen LogP contribution >= 0.6 is 0 Å². The molecule has 0 aliphatic carbocycles. The lowest BCUT2D eigenvalue weighted by Crippen LogP contribution is -2.45. The van der Waals surface area contributed by atoms with Crippen molar-refractivity contribution >= 4 is 5.97 Å². The third-order valence-corrected chi connectivity index (χ3v) is 4.72. The monoisotopic (exact) mass is 336 g/mol. The largest absolute Gasteiger partial charge is 0.550 e. The first-order chi connectivity index (χ1) is 11.6. The average Bonchev–Trinajstić information content (AvgIpc) is 2.93. The van der Waals surface area contributed by atoms with Crippen molar-refractivity contribution in [3.63, 3.8) is 0 Å². The van der Waals surface area contributed by atoms with Crippen molar-refractivity contribution in [1.29, 1.82) is 0 Å². The van der Waals surface area contributed by atoms with Crippen LogP contribution in [0.3, 0.4) is 0 Å². The van der Waals surface area contributed by atoms with E-state index in [1.807, 2.05) is 6.20 Å². The second kappa shape index (κ2) is 12.1. The molecule has 1 unspecified atom stereocenters. The molecule has 0 amide bonds. The van der Waals surface area contributed by atoms with E-state index in [0.717, 1.165) is 19.4 Å². The van der Waals surface area contributed by atoms with Crippen molar-refractivity contribution in [3.8, 4) is 0 Å². The van der Waals surface area contributed by atoms with Crippen molar-refractivity contribution < 1.29 is 14.5 Å². The van der Waals surface area contributed by atoms with E-state index in [1.165, 1.54) is 57.2 Å². The van der Waals surface area contributed by atoms with Gasteiger partial charge in [-0.1, -0.05) is 65.7 Å². The van der Waals surface area contributed by atoms with Crippen LogP contribution in [0.15, 0.2) is 12.4 Å². The van der Waals surface area contributed by atoms with E-state index in [2.05, 4.69) is 29.2 Å². The van der Waals surface area contributed by atoms with Gasteiger partial charge in [0.05, 0.1) is 13.1 Å². The number of aromatic nitrogens is 2. The lowest BCUT2D eigenvalue weighted by atomic mass is 10.1. The van der Waals surface area contributed by atoms with Gasteiger partial charge in [0.25, 0.3) is 5.82 Å². The fraction of sp³-hybridized carbons (Fsp3) is 0.800. The number of aryl methyl sites for hydroxylation is 1. The van der Waals surface area contributed by atoms with Gasteiger partial charge in [0.1, 0.15) is 12.4 Å². The van der Waals surface area contributed by atoms with Gasteiger partial charge in [-0.25, -0.2) is 9.13 Å². The van der Waals surface area contributed by atoms with Crippen LogP contribution in [0.5, 0.6) is 0 Å². The van der Waals surface area contributed by atoms with Gasteiger partial charge in [0, 0.05) is 18.3 Å². The third kappa shape index (κ3) is 7.50. The highest BCUT2D eigenvalue weighted by Gasteiger charge is 2.18. The van der Waals surface area contributed by atoms with Crippen LogP contribution < -0.4 is 9.67 Å². The highest BCUT2D eigenvalue weighted by Crippen LogP contribution is 2.11. The summed E-state index contributed by atoms with van der Waals surface area (Å²) in [6.07, 6.45) is 16.6. The average molecular weight is 337 g/mol. The van der Waals surface area contributed by atoms with Crippen LogP contribution in [-0.4, -0.2) is 10.5 Å². The number of rotatable bonds is 14. The lowest BCUT2D eigenvalue weighted by Gasteiger charge is -2.12. The highest BCUT2D eigenvalue weighted by atomic mass is 16.4. The minimum absolute atomic E-state index is 0.454.